The van der Waals surface area contributed by atoms with Crippen molar-refractivity contribution in [2.45, 2.75) is 0 Å². The summed E-state index contributed by atoms with van der Waals surface area (Å²) in [6, 6.07) is 9.21. The Balaban J connectivity index is 1.30. The monoisotopic (exact) mass is 623 g/mol. The van der Waals surface area contributed by atoms with Crippen LogP contribution in [0.25, 0.3) is 16.9 Å². The van der Waals surface area contributed by atoms with Crippen LogP contribution in [0.2, 0.25) is 5.02 Å². The summed E-state index contributed by atoms with van der Waals surface area (Å²) < 4.78 is 36.5. The maximum absolute atomic E-state index is 14.9. The first kappa shape index (κ1) is 30.7. The molecule has 0 spiro atoms. The third-order valence-corrected chi connectivity index (χ3v) is 7.35. The number of amides is 2. The number of aromatic nitrogens is 3. The number of fused-ring (bicyclic) bond motifs is 1. The van der Waals surface area contributed by atoms with E-state index in [1.807, 2.05) is 21.1 Å². The quantitative estimate of drug-likeness (QED) is 0.295. The van der Waals surface area contributed by atoms with Crippen molar-refractivity contribution in [2.75, 3.05) is 65.8 Å². The lowest BCUT2D eigenvalue weighted by Crippen LogP contribution is -2.54. The first-order valence-electron chi connectivity index (χ1n) is 13.7. The first-order valence-corrected chi connectivity index (χ1v) is 14.1. The third kappa shape index (κ3) is 6.41. The predicted molar refractivity (Wildman–Crippen MR) is 160 cm³/mol. The fourth-order valence-corrected chi connectivity index (χ4v) is 5.16. The Morgan fingerprint density at radius 1 is 1.07 bits per heavy atom. The predicted octanol–water partition coefficient (Wildman–Crippen LogP) is 3.96. The number of piperazine rings is 1. The van der Waals surface area contributed by atoms with Gasteiger partial charge in [0.15, 0.2) is 36.2 Å². The van der Waals surface area contributed by atoms with Crippen LogP contribution >= 0.6 is 11.6 Å². The van der Waals surface area contributed by atoms with Gasteiger partial charge in [0, 0.05) is 49.8 Å². The van der Waals surface area contributed by atoms with Crippen molar-refractivity contribution in [1.29, 1.82) is 5.26 Å². The number of likely N-dealkylation sites (N-methyl/N-ethyl adjacent to an activating group) is 1. The highest BCUT2D eigenvalue weighted by Crippen LogP contribution is 2.32. The van der Waals surface area contributed by atoms with Gasteiger partial charge in [0.05, 0.1) is 43.6 Å². The minimum Gasteiger partial charge on any atom is -0.476 e. The molecule has 3 heterocycles. The van der Waals surface area contributed by atoms with Crippen molar-refractivity contribution in [2.24, 2.45) is 0 Å². The lowest BCUT2D eigenvalue weighted by molar-refractivity contribution is -0.862. The number of nitrogens with one attached hydrogen (secondary N) is 1. The van der Waals surface area contributed by atoms with Gasteiger partial charge >= 0.3 is 0 Å². The molecule has 11 nitrogen and oxygen atoms in total. The van der Waals surface area contributed by atoms with E-state index < -0.39 is 18.2 Å². The van der Waals surface area contributed by atoms with Crippen molar-refractivity contribution >= 4 is 40.6 Å². The van der Waals surface area contributed by atoms with E-state index in [2.05, 4.69) is 15.3 Å². The highest BCUT2D eigenvalue weighted by molar-refractivity contribution is 6.34. The lowest BCUT2D eigenvalue weighted by atomic mass is 10.1. The van der Waals surface area contributed by atoms with Crippen LogP contribution in [0.15, 0.2) is 48.9 Å². The number of imidazole rings is 1. The zero-order chi connectivity index (χ0) is 31.6. The Kier molecular flexibility index (Phi) is 8.66. The number of hydrogen-bond acceptors (Lipinski definition) is 7. The molecule has 0 radical (unpaired) electrons. The van der Waals surface area contributed by atoms with E-state index in [-0.39, 0.29) is 33.8 Å². The lowest BCUT2D eigenvalue weighted by Gasteiger charge is -2.36. The molecular formula is C30H30ClF2N8O3+. The fourth-order valence-electron chi connectivity index (χ4n) is 4.90. The molecule has 5 rings (SSSR count). The minimum atomic E-state index is -1.21. The molecule has 4 aromatic rings. The Hall–Kier alpha value is -4.80. The summed E-state index contributed by atoms with van der Waals surface area (Å²) in [5.74, 6) is -2.56. The summed E-state index contributed by atoms with van der Waals surface area (Å²) in [5, 5.41) is 12.0. The molecule has 1 fully saturated rings. The second-order valence-corrected chi connectivity index (χ2v) is 11.6. The molecule has 0 aliphatic carbocycles. The molecule has 1 saturated heterocycles. The number of anilines is 2. The van der Waals surface area contributed by atoms with Crippen LogP contribution in [0.5, 0.6) is 5.75 Å². The van der Waals surface area contributed by atoms with Crippen molar-refractivity contribution in [3.05, 3.63) is 71.1 Å². The fraction of sp³-hybridized carbons (Fsp3) is 0.300. The number of benzene rings is 2. The molecule has 2 amide bonds. The van der Waals surface area contributed by atoms with Crippen LogP contribution in [-0.4, -0.2) is 101 Å². The average molecular weight is 624 g/mol. The number of rotatable bonds is 8. The van der Waals surface area contributed by atoms with Gasteiger partial charge in [-0.3, -0.25) is 14.0 Å². The van der Waals surface area contributed by atoms with E-state index in [1.54, 1.807) is 44.7 Å². The van der Waals surface area contributed by atoms with Crippen LogP contribution in [0.4, 0.5) is 20.3 Å². The molecule has 0 unspecified atom stereocenters. The minimum absolute atomic E-state index is 0.0547. The standard InChI is InChI=1S/C30H29ClF2N8O3/c1-41(2,3)18-25(42)38-11-13-39(14-12-38)30(43)20-5-4-19(16-22(20)31)37-28-29-36-17-23(40(29)10-9-35-28)21-6-7-24(44-15-8-34)27(33)26(21)32/h4-7,9-10,16-17H,11-15,18H2,1-3H3/p+1. The normalized spacial score (nSPS) is 13.6. The summed E-state index contributed by atoms with van der Waals surface area (Å²) in [6.45, 7) is 1.71. The Morgan fingerprint density at radius 2 is 1.80 bits per heavy atom. The Bertz CT molecular complexity index is 1770. The van der Waals surface area contributed by atoms with Gasteiger partial charge in [0.2, 0.25) is 5.82 Å². The van der Waals surface area contributed by atoms with E-state index in [1.165, 1.54) is 24.5 Å². The molecule has 1 aliphatic rings. The van der Waals surface area contributed by atoms with E-state index >= 15 is 0 Å². The molecule has 228 valence electrons. The third-order valence-electron chi connectivity index (χ3n) is 7.03. The topological polar surface area (TPSA) is 116 Å². The van der Waals surface area contributed by atoms with Gasteiger partial charge < -0.3 is 24.3 Å². The van der Waals surface area contributed by atoms with Gasteiger partial charge in [-0.2, -0.15) is 9.65 Å². The number of nitriles is 1. The maximum atomic E-state index is 14.9. The van der Waals surface area contributed by atoms with Crippen molar-refractivity contribution in [1.82, 2.24) is 24.2 Å². The molecule has 0 atom stereocenters. The van der Waals surface area contributed by atoms with Crippen molar-refractivity contribution < 1.29 is 27.6 Å². The smallest absolute Gasteiger partial charge is 0.277 e. The molecule has 14 heteroatoms. The van der Waals surface area contributed by atoms with Gasteiger partial charge in [-0.25, -0.2) is 14.4 Å². The molecule has 44 heavy (non-hydrogen) atoms. The summed E-state index contributed by atoms with van der Waals surface area (Å²) in [4.78, 5) is 37.9. The van der Waals surface area contributed by atoms with Crippen molar-refractivity contribution in [3.63, 3.8) is 0 Å². The molecule has 1 N–H and O–H groups in total. The van der Waals surface area contributed by atoms with Crippen LogP contribution < -0.4 is 10.1 Å². The second kappa shape index (κ2) is 12.4. The highest BCUT2D eigenvalue weighted by atomic mass is 35.5. The molecule has 2 aromatic heterocycles. The van der Waals surface area contributed by atoms with Gasteiger partial charge in [0.25, 0.3) is 11.8 Å². The molecular weight excluding hydrogens is 594 g/mol. The SMILES string of the molecule is C[N+](C)(C)CC(=O)N1CCN(C(=O)c2ccc(Nc3nccn4c(-c5ccc(OCC#N)c(F)c5F)cnc34)cc2Cl)CC1. The van der Waals surface area contributed by atoms with Gasteiger partial charge in [-0.1, -0.05) is 11.6 Å². The summed E-state index contributed by atoms with van der Waals surface area (Å²) in [5.41, 5.74) is 1.41. The maximum Gasteiger partial charge on any atom is 0.277 e. The number of nitrogens with zero attached hydrogens (tertiary/aromatic N) is 7. The summed E-state index contributed by atoms with van der Waals surface area (Å²) in [6.07, 6.45) is 4.42. The second-order valence-electron chi connectivity index (χ2n) is 11.2. The van der Waals surface area contributed by atoms with E-state index in [4.69, 9.17) is 21.6 Å². The van der Waals surface area contributed by atoms with Crippen LogP contribution in [-0.2, 0) is 4.79 Å². The molecule has 1 aliphatic heterocycles. The summed E-state index contributed by atoms with van der Waals surface area (Å²) >= 11 is 6.54. The van der Waals surface area contributed by atoms with Gasteiger partial charge in [0.1, 0.15) is 6.07 Å². The number of halogens is 3. The van der Waals surface area contributed by atoms with Crippen LogP contribution in [0.3, 0.4) is 0 Å². The zero-order valence-electron chi connectivity index (χ0n) is 24.4. The number of ether oxygens (including phenoxy) is 1. The van der Waals surface area contributed by atoms with Crippen LogP contribution in [0, 0.1) is 23.0 Å². The zero-order valence-corrected chi connectivity index (χ0v) is 25.1. The van der Waals surface area contributed by atoms with E-state index in [0.29, 0.717) is 59.9 Å². The number of quaternary nitrogens is 1. The van der Waals surface area contributed by atoms with E-state index in [0.717, 1.165) is 0 Å². The van der Waals surface area contributed by atoms with Crippen molar-refractivity contribution in [3.8, 4) is 23.1 Å². The molecule has 0 bridgehead atoms. The Labute approximate surface area is 257 Å². The highest BCUT2D eigenvalue weighted by Gasteiger charge is 2.28. The average Bonchev–Trinajstić information content (AvgIpc) is 3.42. The largest absolute Gasteiger partial charge is 0.476 e. The van der Waals surface area contributed by atoms with E-state index in [9.17, 15) is 18.4 Å². The number of hydrogen-bond donors (Lipinski definition) is 1. The summed E-state index contributed by atoms with van der Waals surface area (Å²) in [7, 11) is 5.88. The van der Waals surface area contributed by atoms with Crippen LogP contribution in [0.1, 0.15) is 10.4 Å². The van der Waals surface area contributed by atoms with Gasteiger partial charge in [-0.05, 0) is 30.3 Å². The van der Waals surface area contributed by atoms with Gasteiger partial charge in [-0.15, -0.1) is 0 Å². The number of carbonyl (C=O) groups is 2. The Morgan fingerprint density at radius 3 is 2.48 bits per heavy atom. The number of carbonyl (C=O) groups excluding carboxylic acids is 2. The molecule has 2 aromatic carbocycles. The first-order chi connectivity index (χ1) is 21.0. The molecule has 0 saturated carbocycles.